The minimum Gasteiger partial charge on any atom is -0.359 e. The highest BCUT2D eigenvalue weighted by Gasteiger charge is 2.84. The molecule has 0 saturated heterocycles. The molecule has 22 heavy (non-hydrogen) atoms. The summed E-state index contributed by atoms with van der Waals surface area (Å²) in [6.07, 6.45) is -8.54. The van der Waals surface area contributed by atoms with Gasteiger partial charge in [-0.05, 0) is 18.8 Å². The van der Waals surface area contributed by atoms with Crippen LogP contribution in [0, 0.1) is 5.92 Å². The van der Waals surface area contributed by atoms with Crippen LogP contribution in [-0.4, -0.2) is 43.2 Å². The van der Waals surface area contributed by atoms with Crippen molar-refractivity contribution in [3.8, 4) is 0 Å². The van der Waals surface area contributed by atoms with Gasteiger partial charge in [-0.15, -0.1) is 0 Å². The monoisotopic (exact) mass is 344 g/mol. The molecule has 0 aromatic rings. The number of hydrogen-bond acceptors (Lipinski definition) is 2. The van der Waals surface area contributed by atoms with E-state index in [1.807, 2.05) is 0 Å². The molecule has 0 aromatic carbocycles. The lowest BCUT2D eigenvalue weighted by Gasteiger charge is -2.53. The number of halogens is 8. The molecule has 1 rings (SSSR count). The van der Waals surface area contributed by atoms with Crippen molar-refractivity contribution in [2.45, 2.75) is 56.0 Å². The molecule has 1 saturated carbocycles. The minimum atomic E-state index is -5.77. The fraction of sp³-hybridized carbons (Fsp3) is 1.00. The van der Waals surface area contributed by atoms with Gasteiger partial charge in [0.1, 0.15) is 6.79 Å². The van der Waals surface area contributed by atoms with Gasteiger partial charge in [-0.3, -0.25) is 0 Å². The van der Waals surface area contributed by atoms with Gasteiger partial charge in [-0.1, -0.05) is 6.92 Å². The Labute approximate surface area is 121 Å². The molecule has 0 amide bonds. The van der Waals surface area contributed by atoms with E-state index >= 15 is 0 Å². The summed E-state index contributed by atoms with van der Waals surface area (Å²) in [5.74, 6) is -11.6. The van der Waals surface area contributed by atoms with Crippen molar-refractivity contribution in [1.29, 1.82) is 0 Å². The van der Waals surface area contributed by atoms with Crippen LogP contribution in [0.25, 0.3) is 0 Å². The third-order valence-corrected chi connectivity index (χ3v) is 3.85. The van der Waals surface area contributed by atoms with Gasteiger partial charge in [0.15, 0.2) is 0 Å². The van der Waals surface area contributed by atoms with Gasteiger partial charge in [-0.2, -0.15) is 22.0 Å². The van der Waals surface area contributed by atoms with E-state index in [1.165, 1.54) is 0 Å². The van der Waals surface area contributed by atoms with Crippen LogP contribution in [-0.2, 0) is 9.47 Å². The molecule has 2 nitrogen and oxygen atoms in total. The van der Waals surface area contributed by atoms with Crippen LogP contribution in [0.1, 0.15) is 26.7 Å². The maximum Gasteiger partial charge on any atom is 0.423 e. The summed E-state index contributed by atoms with van der Waals surface area (Å²) in [4.78, 5) is 0. The first-order chi connectivity index (χ1) is 9.66. The van der Waals surface area contributed by atoms with Crippen LogP contribution >= 0.6 is 0 Å². The highest BCUT2D eigenvalue weighted by molar-refractivity contribution is 5.18. The summed E-state index contributed by atoms with van der Waals surface area (Å²) in [5.41, 5.74) is -9.08. The van der Waals surface area contributed by atoms with E-state index in [2.05, 4.69) is 9.47 Å². The molecular weight excluding hydrogens is 328 g/mol. The second-order valence-corrected chi connectivity index (χ2v) is 5.65. The van der Waals surface area contributed by atoms with E-state index in [-0.39, 0.29) is 6.92 Å². The van der Waals surface area contributed by atoms with Crippen molar-refractivity contribution >= 4 is 0 Å². The summed E-state index contributed by atoms with van der Waals surface area (Å²) in [7, 11) is 0.867. The maximum atomic E-state index is 14.4. The Hall–Kier alpha value is -0.640. The smallest absolute Gasteiger partial charge is 0.359 e. The Bertz CT molecular complexity index is 405. The lowest BCUT2D eigenvalue weighted by molar-refractivity contribution is -0.417. The quantitative estimate of drug-likeness (QED) is 0.558. The molecule has 1 aliphatic rings. The third-order valence-electron chi connectivity index (χ3n) is 3.85. The van der Waals surface area contributed by atoms with Gasteiger partial charge in [0.05, 0.1) is 0 Å². The van der Waals surface area contributed by atoms with Crippen molar-refractivity contribution in [3.05, 3.63) is 0 Å². The normalized spacial score (nSPS) is 36.4. The molecule has 3 unspecified atom stereocenters. The molecule has 3 atom stereocenters. The van der Waals surface area contributed by atoms with Crippen LogP contribution in [0.15, 0.2) is 0 Å². The minimum absolute atomic E-state index is 0.170. The number of hydrogen-bond donors (Lipinski definition) is 0. The molecule has 1 aliphatic carbocycles. The van der Waals surface area contributed by atoms with E-state index in [4.69, 9.17) is 0 Å². The van der Waals surface area contributed by atoms with Crippen molar-refractivity contribution in [3.63, 3.8) is 0 Å². The number of rotatable bonds is 4. The number of ether oxygens (including phenoxy) is 2. The Kier molecular flexibility index (Phi) is 4.82. The molecule has 10 heteroatoms. The molecule has 0 heterocycles. The van der Waals surface area contributed by atoms with Crippen molar-refractivity contribution < 1.29 is 44.6 Å². The zero-order chi connectivity index (χ0) is 17.6. The topological polar surface area (TPSA) is 18.5 Å². The first kappa shape index (κ1) is 19.4. The molecule has 0 spiro atoms. The Morgan fingerprint density at radius 1 is 1.05 bits per heavy atom. The van der Waals surface area contributed by atoms with E-state index in [0.717, 1.165) is 14.0 Å². The van der Waals surface area contributed by atoms with E-state index < -0.39 is 54.8 Å². The van der Waals surface area contributed by atoms with Gasteiger partial charge < -0.3 is 9.47 Å². The summed E-state index contributed by atoms with van der Waals surface area (Å²) in [5, 5.41) is 0. The first-order valence-corrected chi connectivity index (χ1v) is 6.30. The average Bonchev–Trinajstić information content (AvgIpc) is 2.29. The summed E-state index contributed by atoms with van der Waals surface area (Å²) >= 11 is 0. The molecule has 0 aliphatic heterocycles. The van der Waals surface area contributed by atoms with Crippen molar-refractivity contribution in [2.75, 3.05) is 13.9 Å². The van der Waals surface area contributed by atoms with Gasteiger partial charge >= 0.3 is 12.1 Å². The molecule has 0 radical (unpaired) electrons. The summed E-state index contributed by atoms with van der Waals surface area (Å²) in [6, 6.07) is 0. The average molecular weight is 344 g/mol. The SMILES string of the molecule is COCOC1(C(F)(F)F)CC(C)CC(F)(C(C)(F)F)C1(F)F. The van der Waals surface area contributed by atoms with Crippen LogP contribution in [0.5, 0.6) is 0 Å². The number of methoxy groups -OCH3 is 1. The lowest BCUT2D eigenvalue weighted by Crippen LogP contribution is -2.75. The Morgan fingerprint density at radius 2 is 1.55 bits per heavy atom. The number of alkyl halides is 8. The Morgan fingerprint density at radius 3 is 1.91 bits per heavy atom. The maximum absolute atomic E-state index is 14.4. The molecule has 132 valence electrons. The summed E-state index contributed by atoms with van der Waals surface area (Å²) in [6.45, 7) is -0.435. The predicted octanol–water partition coefficient (Wildman–Crippen LogP) is 4.34. The van der Waals surface area contributed by atoms with Crippen LogP contribution in [0.4, 0.5) is 35.1 Å². The lowest BCUT2D eigenvalue weighted by atomic mass is 9.65. The first-order valence-electron chi connectivity index (χ1n) is 6.30. The predicted molar refractivity (Wildman–Crippen MR) is 59.6 cm³/mol. The zero-order valence-corrected chi connectivity index (χ0v) is 12.0. The van der Waals surface area contributed by atoms with Gasteiger partial charge in [0.2, 0.25) is 11.3 Å². The zero-order valence-electron chi connectivity index (χ0n) is 12.0. The molecule has 0 bridgehead atoms. The molecular formula is C12H16F8O2. The molecule has 0 aromatic heterocycles. The second kappa shape index (κ2) is 5.47. The largest absolute Gasteiger partial charge is 0.423 e. The third kappa shape index (κ3) is 2.57. The van der Waals surface area contributed by atoms with E-state index in [1.54, 1.807) is 0 Å². The van der Waals surface area contributed by atoms with Crippen molar-refractivity contribution in [2.24, 2.45) is 5.92 Å². The second-order valence-electron chi connectivity index (χ2n) is 5.65. The summed E-state index contributed by atoms with van der Waals surface area (Å²) < 4.78 is 118. The van der Waals surface area contributed by atoms with Crippen LogP contribution < -0.4 is 0 Å². The Balaban J connectivity index is 3.54. The standard InChI is InChI=1S/C12H16F8O2/c1-7-4-9(15,8(2,13)14)11(16,17)10(5-7,12(18,19)20)22-6-21-3/h7H,4-6H2,1-3H3. The molecule has 0 N–H and O–H groups in total. The fourth-order valence-corrected chi connectivity index (χ4v) is 2.76. The highest BCUT2D eigenvalue weighted by Crippen LogP contribution is 2.63. The van der Waals surface area contributed by atoms with Gasteiger partial charge in [0.25, 0.3) is 5.92 Å². The molecule has 1 fully saturated rings. The van der Waals surface area contributed by atoms with Gasteiger partial charge in [0, 0.05) is 14.0 Å². The van der Waals surface area contributed by atoms with Crippen LogP contribution in [0.3, 0.4) is 0 Å². The van der Waals surface area contributed by atoms with Crippen molar-refractivity contribution in [1.82, 2.24) is 0 Å². The van der Waals surface area contributed by atoms with Crippen LogP contribution in [0.2, 0.25) is 0 Å². The van der Waals surface area contributed by atoms with E-state index in [0.29, 0.717) is 0 Å². The fourth-order valence-electron chi connectivity index (χ4n) is 2.76. The highest BCUT2D eigenvalue weighted by atomic mass is 19.4. The van der Waals surface area contributed by atoms with E-state index in [9.17, 15) is 35.1 Å². The van der Waals surface area contributed by atoms with Gasteiger partial charge in [-0.25, -0.2) is 13.2 Å².